The number of ether oxygens (including phenoxy) is 1. The highest BCUT2D eigenvalue weighted by atomic mass is 16.7. The van der Waals surface area contributed by atoms with E-state index < -0.39 is 5.72 Å². The molecule has 1 fully saturated rings. The highest BCUT2D eigenvalue weighted by Gasteiger charge is 2.58. The SMILES string of the molecule is CN1c2ccccc2C(C)(C)C12C=Nc1c(ccc3cc(B4OC(C)(C)C(C)(C)O4)ccc13)O2. The van der Waals surface area contributed by atoms with Gasteiger partial charge in [-0.2, -0.15) is 0 Å². The monoisotopic (exact) mass is 454 g/mol. The molecule has 1 spiro atoms. The summed E-state index contributed by atoms with van der Waals surface area (Å²) in [7, 11) is 1.70. The van der Waals surface area contributed by atoms with E-state index in [0.717, 1.165) is 27.7 Å². The normalized spacial score (nSPS) is 25.5. The number of hydrogen-bond acceptors (Lipinski definition) is 5. The molecule has 0 amide bonds. The number of rotatable bonds is 1. The zero-order chi connectivity index (χ0) is 24.1. The van der Waals surface area contributed by atoms with Crippen LogP contribution in [0.25, 0.3) is 10.8 Å². The minimum atomic E-state index is -0.681. The van der Waals surface area contributed by atoms with Gasteiger partial charge in [0.15, 0.2) is 0 Å². The molecule has 0 aromatic heterocycles. The second kappa shape index (κ2) is 6.64. The molecular weight excluding hydrogens is 423 g/mol. The van der Waals surface area contributed by atoms with Crippen LogP contribution in [0, 0.1) is 0 Å². The summed E-state index contributed by atoms with van der Waals surface area (Å²) in [5.41, 5.74) is 2.63. The minimum absolute atomic E-state index is 0.269. The van der Waals surface area contributed by atoms with E-state index in [-0.39, 0.29) is 23.7 Å². The Labute approximate surface area is 201 Å². The fraction of sp³-hybridized carbons (Fsp3) is 0.393. The number of para-hydroxylation sites is 1. The van der Waals surface area contributed by atoms with Crippen molar-refractivity contribution in [2.45, 2.75) is 63.9 Å². The average molecular weight is 454 g/mol. The van der Waals surface area contributed by atoms with E-state index in [9.17, 15) is 0 Å². The Balaban J connectivity index is 1.39. The second-order valence-electron chi connectivity index (χ2n) is 11.2. The predicted molar refractivity (Wildman–Crippen MR) is 139 cm³/mol. The maximum Gasteiger partial charge on any atom is 0.494 e. The van der Waals surface area contributed by atoms with Gasteiger partial charge in [0.05, 0.1) is 22.8 Å². The summed E-state index contributed by atoms with van der Waals surface area (Å²) in [6.45, 7) is 12.8. The Morgan fingerprint density at radius 3 is 2.26 bits per heavy atom. The maximum atomic E-state index is 6.81. The number of aliphatic imine (C=N–C) groups is 1. The number of nitrogens with zero attached hydrogens (tertiary/aromatic N) is 2. The molecule has 1 saturated heterocycles. The van der Waals surface area contributed by atoms with E-state index in [1.165, 1.54) is 11.3 Å². The number of fused-ring (bicyclic) bond motifs is 4. The van der Waals surface area contributed by atoms with Gasteiger partial charge in [0, 0.05) is 18.1 Å². The fourth-order valence-corrected chi connectivity index (χ4v) is 5.53. The van der Waals surface area contributed by atoms with Crippen LogP contribution in [0.1, 0.15) is 47.1 Å². The molecule has 1 unspecified atom stereocenters. The van der Waals surface area contributed by atoms with Gasteiger partial charge in [-0.15, -0.1) is 0 Å². The lowest BCUT2D eigenvalue weighted by atomic mass is 9.77. The Bertz CT molecular complexity index is 1350. The van der Waals surface area contributed by atoms with Crippen molar-refractivity contribution in [3.63, 3.8) is 0 Å². The molecule has 3 heterocycles. The lowest BCUT2D eigenvalue weighted by Crippen LogP contribution is -2.61. The van der Waals surface area contributed by atoms with Crippen LogP contribution in [0.15, 0.2) is 59.6 Å². The van der Waals surface area contributed by atoms with Crippen LogP contribution >= 0.6 is 0 Å². The van der Waals surface area contributed by atoms with Crippen LogP contribution in [-0.4, -0.2) is 37.3 Å². The molecule has 5 nitrogen and oxygen atoms in total. The summed E-state index contributed by atoms with van der Waals surface area (Å²) >= 11 is 0. The Hall–Kier alpha value is -2.83. The van der Waals surface area contributed by atoms with Gasteiger partial charge in [0.2, 0.25) is 5.72 Å². The number of benzene rings is 3. The molecule has 1 atom stereocenters. The third-order valence-electron chi connectivity index (χ3n) is 8.47. The number of hydrogen-bond donors (Lipinski definition) is 0. The van der Waals surface area contributed by atoms with Crippen LogP contribution in [0.4, 0.5) is 11.4 Å². The molecule has 3 aromatic rings. The number of anilines is 1. The van der Waals surface area contributed by atoms with Crippen molar-refractivity contribution in [3.05, 3.63) is 60.2 Å². The molecule has 0 bridgehead atoms. The molecule has 0 radical (unpaired) electrons. The van der Waals surface area contributed by atoms with Crippen LogP contribution in [-0.2, 0) is 14.7 Å². The van der Waals surface area contributed by atoms with Gasteiger partial charge in [-0.05, 0) is 70.1 Å². The summed E-state index contributed by atoms with van der Waals surface area (Å²) in [5, 5.41) is 2.14. The van der Waals surface area contributed by atoms with E-state index in [2.05, 4.69) is 102 Å². The standard InChI is InChI=1S/C28H31BN2O3/c1-25(2)21-10-8-9-11-22(21)31(7)28(25)17-30-24-20-14-13-19(16-18(20)12-15-23(24)32-28)29-33-26(3,4)27(5,6)34-29/h8-17H,1-7H3. The Morgan fingerprint density at radius 2 is 1.56 bits per heavy atom. The topological polar surface area (TPSA) is 43.3 Å². The van der Waals surface area contributed by atoms with Crippen LogP contribution in [0.2, 0.25) is 0 Å². The van der Waals surface area contributed by atoms with Gasteiger partial charge >= 0.3 is 7.12 Å². The second-order valence-corrected chi connectivity index (χ2v) is 11.2. The fourth-order valence-electron chi connectivity index (χ4n) is 5.53. The third kappa shape index (κ3) is 2.67. The molecule has 3 aliphatic rings. The molecular formula is C28H31BN2O3. The molecule has 34 heavy (non-hydrogen) atoms. The molecule has 174 valence electrons. The van der Waals surface area contributed by atoms with Crippen molar-refractivity contribution in [3.8, 4) is 5.75 Å². The van der Waals surface area contributed by atoms with E-state index in [4.69, 9.17) is 19.0 Å². The van der Waals surface area contributed by atoms with Crippen LogP contribution in [0.5, 0.6) is 5.75 Å². The zero-order valence-electron chi connectivity index (χ0n) is 21.0. The summed E-state index contributed by atoms with van der Waals surface area (Å²) in [5.74, 6) is 0.797. The van der Waals surface area contributed by atoms with Crippen molar-refractivity contribution in [2.24, 2.45) is 4.99 Å². The smallest absolute Gasteiger partial charge is 0.459 e. The van der Waals surface area contributed by atoms with Crippen LogP contribution in [0.3, 0.4) is 0 Å². The van der Waals surface area contributed by atoms with Gasteiger partial charge < -0.3 is 18.9 Å². The Morgan fingerprint density at radius 1 is 0.853 bits per heavy atom. The van der Waals surface area contributed by atoms with Crippen molar-refractivity contribution in [1.82, 2.24) is 0 Å². The van der Waals surface area contributed by atoms with Gasteiger partial charge in [-0.25, -0.2) is 0 Å². The molecule has 6 rings (SSSR count). The predicted octanol–water partition coefficient (Wildman–Crippen LogP) is 5.36. The lowest BCUT2D eigenvalue weighted by Gasteiger charge is -2.45. The molecule has 0 N–H and O–H groups in total. The Kier molecular flexibility index (Phi) is 4.24. The van der Waals surface area contributed by atoms with Gasteiger partial charge in [-0.3, -0.25) is 4.99 Å². The minimum Gasteiger partial charge on any atom is -0.459 e. The molecule has 3 aliphatic heterocycles. The summed E-state index contributed by atoms with van der Waals surface area (Å²) in [6.07, 6.45) is 1.98. The molecule has 0 aliphatic carbocycles. The first-order valence-corrected chi connectivity index (χ1v) is 12.0. The van der Waals surface area contributed by atoms with Crippen molar-refractivity contribution >= 4 is 40.9 Å². The summed E-state index contributed by atoms with van der Waals surface area (Å²) in [6, 6.07) is 19.0. The largest absolute Gasteiger partial charge is 0.494 e. The van der Waals surface area contributed by atoms with E-state index in [0.29, 0.717) is 0 Å². The third-order valence-corrected chi connectivity index (χ3v) is 8.47. The van der Waals surface area contributed by atoms with Crippen molar-refractivity contribution < 1.29 is 14.0 Å². The van der Waals surface area contributed by atoms with E-state index in [1.54, 1.807) is 0 Å². The van der Waals surface area contributed by atoms with E-state index >= 15 is 0 Å². The summed E-state index contributed by atoms with van der Waals surface area (Å²) in [4.78, 5) is 7.21. The highest BCUT2D eigenvalue weighted by Crippen LogP contribution is 2.54. The zero-order valence-corrected chi connectivity index (χ0v) is 21.0. The first-order valence-electron chi connectivity index (χ1n) is 12.0. The quantitative estimate of drug-likeness (QED) is 0.465. The van der Waals surface area contributed by atoms with Gasteiger partial charge in [0.25, 0.3) is 0 Å². The van der Waals surface area contributed by atoms with Crippen LogP contribution < -0.4 is 15.1 Å². The molecule has 6 heteroatoms. The first kappa shape index (κ1) is 21.7. The van der Waals surface area contributed by atoms with Gasteiger partial charge in [-0.1, -0.05) is 42.5 Å². The number of likely N-dealkylation sites (N-methyl/N-ethyl adjacent to an activating group) is 1. The average Bonchev–Trinajstić information content (AvgIpc) is 3.12. The van der Waals surface area contributed by atoms with Crippen molar-refractivity contribution in [2.75, 3.05) is 11.9 Å². The van der Waals surface area contributed by atoms with Gasteiger partial charge in [0.1, 0.15) is 11.4 Å². The van der Waals surface area contributed by atoms with E-state index in [1.807, 2.05) is 12.3 Å². The molecule has 0 saturated carbocycles. The van der Waals surface area contributed by atoms with Crippen molar-refractivity contribution in [1.29, 1.82) is 0 Å². The first-order chi connectivity index (χ1) is 16.0. The molecule has 3 aromatic carbocycles. The maximum absolute atomic E-state index is 6.81. The summed E-state index contributed by atoms with van der Waals surface area (Å²) < 4.78 is 19.3. The lowest BCUT2D eigenvalue weighted by molar-refractivity contribution is 0.00578. The highest BCUT2D eigenvalue weighted by molar-refractivity contribution is 6.62.